The number of carbonyl (C=O) groups is 3. The van der Waals surface area contributed by atoms with Gasteiger partial charge in [-0.25, -0.2) is 4.79 Å². The third kappa shape index (κ3) is 4.53. The number of amides is 4. The van der Waals surface area contributed by atoms with Gasteiger partial charge in [-0.3, -0.25) is 25.3 Å². The molecule has 4 amide bonds. The van der Waals surface area contributed by atoms with Gasteiger partial charge in [0.15, 0.2) is 6.10 Å². The van der Waals surface area contributed by atoms with Crippen LogP contribution in [0.15, 0.2) is 36.4 Å². The van der Waals surface area contributed by atoms with Crippen molar-refractivity contribution in [3.8, 4) is 5.75 Å². The molecule has 0 bridgehead atoms. The highest BCUT2D eigenvalue weighted by molar-refractivity contribution is 5.98. The molecule has 158 valence electrons. The van der Waals surface area contributed by atoms with Crippen molar-refractivity contribution in [2.75, 3.05) is 18.0 Å². The van der Waals surface area contributed by atoms with Crippen LogP contribution in [-0.2, 0) is 4.79 Å². The van der Waals surface area contributed by atoms with Crippen LogP contribution in [0.1, 0.15) is 34.0 Å². The summed E-state index contributed by atoms with van der Waals surface area (Å²) in [7, 11) is 0. The lowest BCUT2D eigenvalue weighted by atomic mass is 10.1. The Morgan fingerprint density at radius 2 is 1.87 bits per heavy atom. The van der Waals surface area contributed by atoms with Gasteiger partial charge < -0.3 is 10.1 Å². The zero-order chi connectivity index (χ0) is 21.8. The van der Waals surface area contributed by atoms with Gasteiger partial charge >= 0.3 is 6.03 Å². The second-order valence-corrected chi connectivity index (χ2v) is 7.29. The third-order valence-corrected chi connectivity index (χ3v) is 5.13. The van der Waals surface area contributed by atoms with Crippen LogP contribution in [0.25, 0.3) is 0 Å². The fourth-order valence-corrected chi connectivity index (χ4v) is 3.19. The first kappa shape index (κ1) is 21.2. The summed E-state index contributed by atoms with van der Waals surface area (Å²) in [6.45, 7) is 8.51. The Hall–Kier alpha value is -3.55. The van der Waals surface area contributed by atoms with Crippen molar-refractivity contribution in [1.82, 2.24) is 16.2 Å². The number of rotatable bonds is 5. The lowest BCUT2D eigenvalue weighted by molar-refractivity contribution is -0.128. The van der Waals surface area contributed by atoms with Crippen molar-refractivity contribution >= 4 is 23.5 Å². The highest BCUT2D eigenvalue weighted by atomic mass is 16.5. The van der Waals surface area contributed by atoms with E-state index in [9.17, 15) is 14.4 Å². The van der Waals surface area contributed by atoms with Gasteiger partial charge in [-0.15, -0.1) is 0 Å². The minimum Gasteiger partial charge on any atom is -0.481 e. The summed E-state index contributed by atoms with van der Waals surface area (Å²) in [6, 6.07) is 10.5. The molecule has 1 fully saturated rings. The van der Waals surface area contributed by atoms with Crippen LogP contribution in [0.4, 0.5) is 10.5 Å². The first-order valence-electron chi connectivity index (χ1n) is 9.77. The molecule has 0 radical (unpaired) electrons. The number of aryl methyl sites for hydroxylation is 2. The summed E-state index contributed by atoms with van der Waals surface area (Å²) in [5.74, 6) is -0.296. The minimum atomic E-state index is -0.788. The molecule has 3 rings (SSSR count). The van der Waals surface area contributed by atoms with Crippen LogP contribution in [0, 0.1) is 20.8 Å². The molecule has 0 aromatic heterocycles. The molecular formula is C22H26N4O4. The Bertz CT molecular complexity index is 989. The van der Waals surface area contributed by atoms with E-state index < -0.39 is 17.9 Å². The van der Waals surface area contributed by atoms with Gasteiger partial charge in [0.25, 0.3) is 11.8 Å². The quantitative estimate of drug-likeness (QED) is 0.659. The Kier molecular flexibility index (Phi) is 6.25. The number of nitrogens with one attached hydrogen (secondary N) is 3. The standard InChI is InChI=1S/C22H26N4O4/c1-13-6-5-7-19(15(13)3)30-16(4)20(27)24-25-21(28)17-8-9-18(14(2)12-17)26-11-10-23-22(26)29/h5-9,12,16H,10-11H2,1-4H3,(H,23,29)(H,24,27)(H,25,28). The molecule has 1 saturated heterocycles. The van der Waals surface area contributed by atoms with Crippen LogP contribution in [-0.4, -0.2) is 37.0 Å². The summed E-state index contributed by atoms with van der Waals surface area (Å²) >= 11 is 0. The normalized spacial score (nSPS) is 14.1. The van der Waals surface area contributed by atoms with E-state index in [4.69, 9.17) is 4.74 Å². The van der Waals surface area contributed by atoms with E-state index in [0.717, 1.165) is 22.4 Å². The maximum absolute atomic E-state index is 12.4. The smallest absolute Gasteiger partial charge is 0.322 e. The third-order valence-electron chi connectivity index (χ3n) is 5.13. The number of hydrogen-bond donors (Lipinski definition) is 3. The monoisotopic (exact) mass is 410 g/mol. The predicted octanol–water partition coefficient (Wildman–Crippen LogP) is 2.37. The lowest BCUT2D eigenvalue weighted by Gasteiger charge is -2.18. The maximum Gasteiger partial charge on any atom is 0.322 e. The second-order valence-electron chi connectivity index (χ2n) is 7.29. The number of hydrogen-bond acceptors (Lipinski definition) is 4. The summed E-state index contributed by atoms with van der Waals surface area (Å²) in [6.07, 6.45) is -0.788. The van der Waals surface area contributed by atoms with E-state index in [1.165, 1.54) is 0 Å². The Morgan fingerprint density at radius 3 is 2.53 bits per heavy atom. The SMILES string of the molecule is Cc1cc(C(=O)NNC(=O)C(C)Oc2cccc(C)c2C)ccc1N1CCNC1=O. The lowest BCUT2D eigenvalue weighted by Crippen LogP contribution is -2.47. The molecule has 0 saturated carbocycles. The highest BCUT2D eigenvalue weighted by Crippen LogP contribution is 2.23. The van der Waals surface area contributed by atoms with Gasteiger partial charge in [-0.1, -0.05) is 12.1 Å². The van der Waals surface area contributed by atoms with Crippen molar-refractivity contribution in [3.63, 3.8) is 0 Å². The number of carbonyl (C=O) groups excluding carboxylic acids is 3. The molecule has 1 unspecified atom stereocenters. The van der Waals surface area contributed by atoms with E-state index in [1.54, 1.807) is 36.1 Å². The van der Waals surface area contributed by atoms with Gasteiger partial charge in [0.05, 0.1) is 0 Å². The number of benzene rings is 2. The molecule has 2 aromatic carbocycles. The molecule has 1 aliphatic rings. The summed E-state index contributed by atoms with van der Waals surface area (Å²) in [5, 5.41) is 2.75. The van der Waals surface area contributed by atoms with E-state index in [0.29, 0.717) is 24.4 Å². The van der Waals surface area contributed by atoms with Gasteiger partial charge in [-0.05, 0) is 68.7 Å². The average molecular weight is 410 g/mol. The number of ether oxygens (including phenoxy) is 1. The Morgan fingerprint density at radius 1 is 1.10 bits per heavy atom. The molecule has 8 nitrogen and oxygen atoms in total. The number of nitrogens with zero attached hydrogens (tertiary/aromatic N) is 1. The first-order valence-corrected chi connectivity index (χ1v) is 9.77. The van der Waals surface area contributed by atoms with Crippen LogP contribution in [0.2, 0.25) is 0 Å². The van der Waals surface area contributed by atoms with Crippen molar-refractivity contribution in [1.29, 1.82) is 0 Å². The molecule has 1 atom stereocenters. The average Bonchev–Trinajstić information content (AvgIpc) is 3.14. The molecule has 30 heavy (non-hydrogen) atoms. The van der Waals surface area contributed by atoms with Crippen molar-refractivity contribution in [2.24, 2.45) is 0 Å². The Balaban J connectivity index is 1.58. The largest absolute Gasteiger partial charge is 0.481 e. The zero-order valence-electron chi connectivity index (χ0n) is 17.5. The summed E-state index contributed by atoms with van der Waals surface area (Å²) in [4.78, 5) is 38.2. The van der Waals surface area contributed by atoms with Gasteiger partial charge in [0, 0.05) is 24.3 Å². The molecule has 0 spiro atoms. The zero-order valence-corrected chi connectivity index (χ0v) is 17.5. The minimum absolute atomic E-state index is 0.152. The Labute approximate surface area is 175 Å². The summed E-state index contributed by atoms with van der Waals surface area (Å²) < 4.78 is 5.72. The van der Waals surface area contributed by atoms with E-state index in [-0.39, 0.29) is 6.03 Å². The topological polar surface area (TPSA) is 99.8 Å². The van der Waals surface area contributed by atoms with Crippen LogP contribution < -0.4 is 25.8 Å². The second kappa shape index (κ2) is 8.86. The molecule has 2 aromatic rings. The van der Waals surface area contributed by atoms with Gasteiger partial charge in [0.1, 0.15) is 5.75 Å². The number of urea groups is 1. The highest BCUT2D eigenvalue weighted by Gasteiger charge is 2.23. The van der Waals surface area contributed by atoms with Crippen molar-refractivity contribution in [2.45, 2.75) is 33.8 Å². The van der Waals surface area contributed by atoms with Gasteiger partial charge in [0.2, 0.25) is 0 Å². The molecule has 0 aliphatic carbocycles. The molecular weight excluding hydrogens is 384 g/mol. The van der Waals surface area contributed by atoms with E-state index in [2.05, 4.69) is 16.2 Å². The van der Waals surface area contributed by atoms with Gasteiger partial charge in [-0.2, -0.15) is 0 Å². The molecule has 1 aliphatic heterocycles. The van der Waals surface area contributed by atoms with Crippen molar-refractivity contribution < 1.29 is 19.1 Å². The summed E-state index contributed by atoms with van der Waals surface area (Å²) in [5.41, 5.74) is 8.74. The van der Waals surface area contributed by atoms with Crippen LogP contribution >= 0.6 is 0 Å². The maximum atomic E-state index is 12.4. The molecule has 3 N–H and O–H groups in total. The van der Waals surface area contributed by atoms with E-state index in [1.807, 2.05) is 32.9 Å². The predicted molar refractivity (Wildman–Crippen MR) is 114 cm³/mol. The van der Waals surface area contributed by atoms with Crippen molar-refractivity contribution in [3.05, 3.63) is 58.7 Å². The number of anilines is 1. The fourth-order valence-electron chi connectivity index (χ4n) is 3.19. The van der Waals surface area contributed by atoms with E-state index >= 15 is 0 Å². The molecule has 8 heteroatoms. The van der Waals surface area contributed by atoms with Crippen LogP contribution in [0.5, 0.6) is 5.75 Å². The van der Waals surface area contributed by atoms with Crippen LogP contribution in [0.3, 0.4) is 0 Å². The fraction of sp³-hybridized carbons (Fsp3) is 0.318. The first-order chi connectivity index (χ1) is 14.3. The molecule has 1 heterocycles. The number of hydrazine groups is 1.